The lowest BCUT2D eigenvalue weighted by Crippen LogP contribution is -2.32. The summed E-state index contributed by atoms with van der Waals surface area (Å²) in [6.45, 7) is 4.15. The molecule has 7 nitrogen and oxygen atoms in total. The zero-order valence-corrected chi connectivity index (χ0v) is 17.3. The van der Waals surface area contributed by atoms with Crippen LogP contribution in [0.5, 0.6) is 0 Å². The van der Waals surface area contributed by atoms with Crippen LogP contribution < -0.4 is 10.9 Å². The molecule has 152 valence electrons. The molecule has 0 radical (unpaired) electrons. The fourth-order valence-corrected chi connectivity index (χ4v) is 3.57. The predicted molar refractivity (Wildman–Crippen MR) is 116 cm³/mol. The number of fused-ring (bicyclic) bond motifs is 1. The van der Waals surface area contributed by atoms with Crippen molar-refractivity contribution in [3.05, 3.63) is 87.1 Å². The van der Waals surface area contributed by atoms with Crippen LogP contribution in [0.1, 0.15) is 16.7 Å². The van der Waals surface area contributed by atoms with Gasteiger partial charge in [0.2, 0.25) is 5.91 Å². The number of amides is 1. The molecular formula is C22H20ClN5O2. The number of hydrogen-bond acceptors (Lipinski definition) is 4. The zero-order chi connectivity index (χ0) is 21.3. The molecule has 0 unspecified atom stereocenters. The first kappa shape index (κ1) is 19.8. The molecule has 4 aromatic rings. The largest absolute Gasteiger partial charge is 0.350 e. The van der Waals surface area contributed by atoms with Crippen LogP contribution in [0.2, 0.25) is 5.02 Å². The lowest BCUT2D eigenvalue weighted by Gasteiger charge is -2.09. The monoisotopic (exact) mass is 421 g/mol. The maximum atomic E-state index is 12.8. The van der Waals surface area contributed by atoms with Crippen LogP contribution in [0, 0.1) is 13.8 Å². The minimum Gasteiger partial charge on any atom is -0.350 e. The molecular weight excluding hydrogens is 402 g/mol. The van der Waals surface area contributed by atoms with Crippen molar-refractivity contribution >= 4 is 28.5 Å². The fourth-order valence-electron chi connectivity index (χ4n) is 3.37. The molecule has 2 heterocycles. The first-order chi connectivity index (χ1) is 14.4. The number of rotatable bonds is 5. The SMILES string of the molecule is Cc1cc(C)cc(-n2ncc3c(=O)n(CC(=O)NCc4ccccc4Cl)cnc32)c1. The van der Waals surface area contributed by atoms with Crippen LogP contribution >= 0.6 is 11.6 Å². The van der Waals surface area contributed by atoms with E-state index in [1.807, 2.05) is 44.2 Å². The van der Waals surface area contributed by atoms with Gasteiger partial charge >= 0.3 is 0 Å². The van der Waals surface area contributed by atoms with E-state index in [9.17, 15) is 9.59 Å². The highest BCUT2D eigenvalue weighted by Gasteiger charge is 2.14. The number of aromatic nitrogens is 4. The Morgan fingerprint density at radius 2 is 1.87 bits per heavy atom. The molecule has 0 saturated heterocycles. The molecule has 0 aliphatic carbocycles. The van der Waals surface area contributed by atoms with Gasteiger partial charge in [-0.2, -0.15) is 5.10 Å². The highest BCUT2D eigenvalue weighted by atomic mass is 35.5. The van der Waals surface area contributed by atoms with Crippen LogP contribution in [-0.2, 0) is 17.9 Å². The van der Waals surface area contributed by atoms with Gasteiger partial charge in [-0.3, -0.25) is 14.2 Å². The van der Waals surface area contributed by atoms with E-state index < -0.39 is 0 Å². The summed E-state index contributed by atoms with van der Waals surface area (Å²) in [5.74, 6) is -0.306. The Labute approximate surface area is 177 Å². The topological polar surface area (TPSA) is 81.8 Å². The van der Waals surface area contributed by atoms with Crippen molar-refractivity contribution in [3.8, 4) is 5.69 Å². The Hall–Kier alpha value is -3.45. The predicted octanol–water partition coefficient (Wildman–Crippen LogP) is 3.17. The average Bonchev–Trinajstić information content (AvgIpc) is 3.14. The number of carbonyl (C=O) groups excluding carboxylic acids is 1. The molecule has 0 aliphatic rings. The normalized spacial score (nSPS) is 11.0. The number of carbonyl (C=O) groups is 1. The van der Waals surface area contributed by atoms with Gasteiger partial charge in [0.05, 0.1) is 11.9 Å². The van der Waals surface area contributed by atoms with Crippen molar-refractivity contribution in [1.82, 2.24) is 24.6 Å². The summed E-state index contributed by atoms with van der Waals surface area (Å²) in [5.41, 5.74) is 3.98. The summed E-state index contributed by atoms with van der Waals surface area (Å²) in [4.78, 5) is 29.5. The van der Waals surface area contributed by atoms with E-state index in [0.29, 0.717) is 16.1 Å². The first-order valence-electron chi connectivity index (χ1n) is 9.44. The van der Waals surface area contributed by atoms with Crippen LogP contribution in [0.15, 0.2) is 59.8 Å². The zero-order valence-electron chi connectivity index (χ0n) is 16.6. The quantitative estimate of drug-likeness (QED) is 0.536. The average molecular weight is 422 g/mol. The Morgan fingerprint density at radius 1 is 1.13 bits per heavy atom. The maximum absolute atomic E-state index is 12.8. The smallest absolute Gasteiger partial charge is 0.264 e. The van der Waals surface area contributed by atoms with Gasteiger partial charge in [-0.25, -0.2) is 9.67 Å². The highest BCUT2D eigenvalue weighted by molar-refractivity contribution is 6.31. The summed E-state index contributed by atoms with van der Waals surface area (Å²) in [6.07, 6.45) is 2.86. The number of hydrogen-bond donors (Lipinski definition) is 1. The third-order valence-electron chi connectivity index (χ3n) is 4.75. The molecule has 1 N–H and O–H groups in total. The van der Waals surface area contributed by atoms with E-state index in [0.717, 1.165) is 22.4 Å². The number of halogens is 1. The lowest BCUT2D eigenvalue weighted by molar-refractivity contribution is -0.121. The number of benzene rings is 2. The Kier molecular flexibility index (Phi) is 5.37. The van der Waals surface area contributed by atoms with Gasteiger partial charge in [-0.15, -0.1) is 0 Å². The van der Waals surface area contributed by atoms with E-state index in [2.05, 4.69) is 21.5 Å². The van der Waals surface area contributed by atoms with Gasteiger partial charge < -0.3 is 5.32 Å². The van der Waals surface area contributed by atoms with Gasteiger partial charge in [0.25, 0.3) is 5.56 Å². The van der Waals surface area contributed by atoms with Gasteiger partial charge in [0.1, 0.15) is 18.3 Å². The van der Waals surface area contributed by atoms with E-state index in [4.69, 9.17) is 11.6 Å². The van der Waals surface area contributed by atoms with Crippen molar-refractivity contribution < 1.29 is 4.79 Å². The van der Waals surface area contributed by atoms with Crippen molar-refractivity contribution in [2.45, 2.75) is 26.9 Å². The maximum Gasteiger partial charge on any atom is 0.264 e. The minimum absolute atomic E-state index is 0.138. The number of nitrogens with one attached hydrogen (secondary N) is 1. The van der Waals surface area contributed by atoms with Crippen LogP contribution in [-0.4, -0.2) is 25.2 Å². The summed E-state index contributed by atoms with van der Waals surface area (Å²) < 4.78 is 2.91. The van der Waals surface area contributed by atoms with Gasteiger partial charge in [0, 0.05) is 11.6 Å². The summed E-state index contributed by atoms with van der Waals surface area (Å²) in [7, 11) is 0. The molecule has 4 rings (SSSR count). The molecule has 0 spiro atoms. The van der Waals surface area contributed by atoms with Gasteiger partial charge in [-0.05, 0) is 48.7 Å². The molecule has 1 amide bonds. The Morgan fingerprint density at radius 3 is 2.60 bits per heavy atom. The summed E-state index contributed by atoms with van der Waals surface area (Å²) in [5, 5.41) is 8.05. The van der Waals surface area contributed by atoms with Gasteiger partial charge in [-0.1, -0.05) is 35.9 Å². The minimum atomic E-state index is -0.316. The molecule has 0 saturated carbocycles. The van der Waals surface area contributed by atoms with E-state index in [-0.39, 0.29) is 24.6 Å². The molecule has 30 heavy (non-hydrogen) atoms. The molecule has 2 aromatic carbocycles. The molecule has 0 fully saturated rings. The molecule has 8 heteroatoms. The Bertz CT molecular complexity index is 1290. The van der Waals surface area contributed by atoms with Crippen LogP contribution in [0.4, 0.5) is 0 Å². The second-order valence-electron chi connectivity index (χ2n) is 7.19. The highest BCUT2D eigenvalue weighted by Crippen LogP contribution is 2.17. The van der Waals surface area contributed by atoms with E-state index >= 15 is 0 Å². The third kappa shape index (κ3) is 3.97. The van der Waals surface area contributed by atoms with E-state index in [1.54, 1.807) is 10.7 Å². The fraction of sp³-hybridized carbons (Fsp3) is 0.182. The molecule has 0 atom stereocenters. The molecule has 0 bridgehead atoms. The van der Waals surface area contributed by atoms with Crippen LogP contribution in [0.3, 0.4) is 0 Å². The van der Waals surface area contributed by atoms with Crippen LogP contribution in [0.25, 0.3) is 16.7 Å². The standard InChI is InChI=1S/C22H20ClN5O2/c1-14-7-15(2)9-17(8-14)28-21-18(11-26-28)22(30)27(13-25-21)12-20(29)24-10-16-5-3-4-6-19(16)23/h3-9,11,13H,10,12H2,1-2H3,(H,24,29). The van der Waals surface area contributed by atoms with E-state index in [1.165, 1.54) is 17.1 Å². The molecule has 0 aliphatic heterocycles. The number of nitrogens with zero attached hydrogens (tertiary/aromatic N) is 4. The second kappa shape index (κ2) is 8.12. The summed E-state index contributed by atoms with van der Waals surface area (Å²) >= 11 is 6.10. The summed E-state index contributed by atoms with van der Waals surface area (Å²) in [6, 6.07) is 13.3. The lowest BCUT2D eigenvalue weighted by atomic mass is 10.1. The van der Waals surface area contributed by atoms with Crippen molar-refractivity contribution in [2.75, 3.05) is 0 Å². The van der Waals surface area contributed by atoms with Crippen molar-refractivity contribution in [2.24, 2.45) is 0 Å². The molecule has 2 aromatic heterocycles. The van der Waals surface area contributed by atoms with Gasteiger partial charge in [0.15, 0.2) is 5.65 Å². The number of aryl methyl sites for hydroxylation is 2. The second-order valence-corrected chi connectivity index (χ2v) is 7.59. The first-order valence-corrected chi connectivity index (χ1v) is 9.82. The Balaban J connectivity index is 1.56. The van der Waals surface area contributed by atoms with Crippen molar-refractivity contribution in [3.63, 3.8) is 0 Å². The van der Waals surface area contributed by atoms with Crippen molar-refractivity contribution in [1.29, 1.82) is 0 Å². The third-order valence-corrected chi connectivity index (χ3v) is 5.12.